The zero-order chi connectivity index (χ0) is 14.0. The van der Waals surface area contributed by atoms with Crippen molar-refractivity contribution in [1.29, 1.82) is 0 Å². The van der Waals surface area contributed by atoms with Crippen LogP contribution in [0, 0.1) is 0 Å². The molecule has 0 N–H and O–H groups in total. The molecule has 0 spiro atoms. The number of carbonyl (C=O) groups excluding carboxylic acids is 1. The molecule has 100 valence electrons. The van der Waals surface area contributed by atoms with Crippen LogP contribution in [0.25, 0.3) is 0 Å². The molecule has 0 radical (unpaired) electrons. The monoisotopic (exact) mass is 366 g/mol. The van der Waals surface area contributed by atoms with Gasteiger partial charge in [-0.3, -0.25) is 4.79 Å². The number of hydrogen-bond acceptors (Lipinski definition) is 3. The molecule has 2 rings (SSSR count). The largest absolute Gasteiger partial charge is 0.435 e. The highest BCUT2D eigenvalue weighted by Gasteiger charge is 2.14. The average Bonchev–Trinajstić information content (AvgIpc) is 2.69. The molecule has 0 aliphatic rings. The maximum absolute atomic E-state index is 12.1. The van der Waals surface area contributed by atoms with Crippen LogP contribution in [0.3, 0.4) is 0 Å². The van der Waals surface area contributed by atoms with Gasteiger partial charge in [-0.1, -0.05) is 11.6 Å². The summed E-state index contributed by atoms with van der Waals surface area (Å²) in [5.41, 5.74) is 0.382. The minimum Gasteiger partial charge on any atom is -0.435 e. The highest BCUT2D eigenvalue weighted by Crippen LogP contribution is 2.33. The number of ether oxygens (including phenoxy) is 1. The second kappa shape index (κ2) is 5.98. The molecule has 19 heavy (non-hydrogen) atoms. The molecule has 2 nitrogen and oxygen atoms in total. The van der Waals surface area contributed by atoms with Gasteiger partial charge in [0.25, 0.3) is 0 Å². The van der Waals surface area contributed by atoms with Crippen LogP contribution in [0.2, 0.25) is 4.34 Å². The van der Waals surface area contributed by atoms with Gasteiger partial charge in [0.05, 0.1) is 4.88 Å². The van der Waals surface area contributed by atoms with Crippen molar-refractivity contribution in [2.75, 3.05) is 0 Å². The fourth-order valence-corrected chi connectivity index (χ4v) is 3.05. The highest BCUT2D eigenvalue weighted by molar-refractivity contribution is 9.10. The second-order valence-corrected chi connectivity index (χ2v) is 5.97. The van der Waals surface area contributed by atoms with Crippen molar-refractivity contribution in [3.63, 3.8) is 0 Å². The predicted molar refractivity (Wildman–Crippen MR) is 73.5 cm³/mol. The van der Waals surface area contributed by atoms with Crippen LogP contribution in [-0.4, -0.2) is 12.4 Å². The highest BCUT2D eigenvalue weighted by atomic mass is 79.9. The summed E-state index contributed by atoms with van der Waals surface area (Å²) in [6.07, 6.45) is 0. The van der Waals surface area contributed by atoms with Crippen molar-refractivity contribution >= 4 is 44.7 Å². The Morgan fingerprint density at radius 2 is 1.95 bits per heavy atom. The van der Waals surface area contributed by atoms with Crippen LogP contribution in [0.1, 0.15) is 15.2 Å². The third kappa shape index (κ3) is 3.52. The summed E-state index contributed by atoms with van der Waals surface area (Å²) in [5.74, 6) is -0.210. The van der Waals surface area contributed by atoms with E-state index in [2.05, 4.69) is 20.7 Å². The van der Waals surface area contributed by atoms with Gasteiger partial charge in [-0.2, -0.15) is 8.78 Å². The van der Waals surface area contributed by atoms with Crippen molar-refractivity contribution in [2.45, 2.75) is 6.61 Å². The van der Waals surface area contributed by atoms with E-state index in [0.717, 1.165) is 11.3 Å². The van der Waals surface area contributed by atoms with Gasteiger partial charge in [0.2, 0.25) is 5.78 Å². The van der Waals surface area contributed by atoms with Crippen LogP contribution in [0.5, 0.6) is 5.75 Å². The van der Waals surface area contributed by atoms with Gasteiger partial charge in [0.15, 0.2) is 0 Å². The van der Waals surface area contributed by atoms with Gasteiger partial charge in [0.1, 0.15) is 10.1 Å². The summed E-state index contributed by atoms with van der Waals surface area (Å²) in [6, 6.07) is 7.13. The van der Waals surface area contributed by atoms with Gasteiger partial charge in [0, 0.05) is 10.0 Å². The third-order valence-corrected chi connectivity index (χ3v) is 4.68. The molecule has 1 aromatic carbocycles. The SMILES string of the molecule is O=C(c1ccc(OC(F)F)cc1)c1cc(Br)c(Cl)s1. The van der Waals surface area contributed by atoms with Crippen LogP contribution >= 0.6 is 38.9 Å². The predicted octanol–water partition coefficient (Wildman–Crippen LogP) is 5.00. The summed E-state index contributed by atoms with van der Waals surface area (Å²) in [7, 11) is 0. The van der Waals surface area contributed by atoms with Gasteiger partial charge < -0.3 is 4.74 Å². The third-order valence-electron chi connectivity index (χ3n) is 2.21. The van der Waals surface area contributed by atoms with Crippen molar-refractivity contribution in [3.8, 4) is 5.75 Å². The lowest BCUT2D eigenvalue weighted by molar-refractivity contribution is -0.0498. The maximum atomic E-state index is 12.1. The van der Waals surface area contributed by atoms with Crippen molar-refractivity contribution < 1.29 is 18.3 Å². The number of hydrogen-bond donors (Lipinski definition) is 0. The molecule has 0 aliphatic carbocycles. The molecule has 1 heterocycles. The average molecular weight is 368 g/mol. The summed E-state index contributed by atoms with van der Waals surface area (Å²) in [5, 5.41) is 0. The number of rotatable bonds is 4. The first kappa shape index (κ1) is 14.4. The molecule has 0 aliphatic heterocycles. The molecule has 0 saturated carbocycles. The molecular weight excluding hydrogens is 362 g/mol. The van der Waals surface area contributed by atoms with Gasteiger partial charge >= 0.3 is 6.61 Å². The first-order valence-corrected chi connectivity index (χ1v) is 7.00. The lowest BCUT2D eigenvalue weighted by Crippen LogP contribution is -2.03. The molecule has 0 atom stereocenters. The number of thiophene rings is 1. The van der Waals surface area contributed by atoms with E-state index in [4.69, 9.17) is 11.6 Å². The minimum absolute atomic E-state index is 0.0111. The molecular formula is C12H6BrClF2O2S. The molecule has 0 fully saturated rings. The Kier molecular flexibility index (Phi) is 4.54. The van der Waals surface area contributed by atoms with Crippen LogP contribution in [0.15, 0.2) is 34.8 Å². The van der Waals surface area contributed by atoms with E-state index in [1.54, 1.807) is 6.07 Å². The van der Waals surface area contributed by atoms with Crippen LogP contribution < -0.4 is 4.74 Å². The fraction of sp³-hybridized carbons (Fsp3) is 0.0833. The molecule has 0 saturated heterocycles. The first-order valence-electron chi connectivity index (χ1n) is 5.02. The summed E-state index contributed by atoms with van der Waals surface area (Å²) in [4.78, 5) is 12.6. The molecule has 0 bridgehead atoms. The Hall–Kier alpha value is -0.980. The topological polar surface area (TPSA) is 26.3 Å². The Morgan fingerprint density at radius 3 is 2.42 bits per heavy atom. The van der Waals surface area contributed by atoms with E-state index in [1.165, 1.54) is 24.3 Å². The molecule has 0 amide bonds. The number of benzene rings is 1. The van der Waals surface area contributed by atoms with Crippen molar-refractivity contribution in [2.24, 2.45) is 0 Å². The Bertz CT molecular complexity index is 579. The zero-order valence-corrected chi connectivity index (χ0v) is 12.4. The van der Waals surface area contributed by atoms with E-state index in [9.17, 15) is 13.6 Å². The molecule has 1 aromatic heterocycles. The standard InChI is InChI=1S/C12H6BrClF2O2S/c13-8-5-9(19-11(8)14)10(17)6-1-3-7(4-2-6)18-12(15)16/h1-5,12H. The molecule has 7 heteroatoms. The zero-order valence-electron chi connectivity index (χ0n) is 9.20. The molecule has 2 aromatic rings. The number of halogens is 4. The fourth-order valence-electron chi connectivity index (χ4n) is 1.39. The van der Waals surface area contributed by atoms with Gasteiger partial charge in [-0.15, -0.1) is 11.3 Å². The van der Waals surface area contributed by atoms with Crippen LogP contribution in [0.4, 0.5) is 8.78 Å². The summed E-state index contributed by atoms with van der Waals surface area (Å²) < 4.78 is 29.3. The van der Waals surface area contributed by atoms with Crippen molar-refractivity contribution in [1.82, 2.24) is 0 Å². The van der Waals surface area contributed by atoms with Gasteiger partial charge in [-0.05, 0) is 46.3 Å². The quantitative estimate of drug-likeness (QED) is 0.711. The van der Waals surface area contributed by atoms with Crippen LogP contribution in [-0.2, 0) is 0 Å². The Labute approximate surface area is 125 Å². The normalized spacial score (nSPS) is 10.8. The Balaban J connectivity index is 2.20. The lowest BCUT2D eigenvalue weighted by atomic mass is 10.1. The number of ketones is 1. The van der Waals surface area contributed by atoms with E-state index >= 15 is 0 Å². The van der Waals surface area contributed by atoms with E-state index < -0.39 is 6.61 Å². The lowest BCUT2D eigenvalue weighted by Gasteiger charge is -2.04. The van der Waals surface area contributed by atoms with E-state index in [1.807, 2.05) is 0 Å². The number of carbonyl (C=O) groups is 1. The number of alkyl halides is 2. The van der Waals surface area contributed by atoms with Crippen molar-refractivity contribution in [3.05, 3.63) is 49.6 Å². The Morgan fingerprint density at radius 1 is 1.32 bits per heavy atom. The van der Waals surface area contributed by atoms with E-state index in [0.29, 0.717) is 19.2 Å². The minimum atomic E-state index is -2.88. The summed E-state index contributed by atoms with van der Waals surface area (Å²) >= 11 is 10.2. The first-order chi connectivity index (χ1) is 8.97. The maximum Gasteiger partial charge on any atom is 0.387 e. The van der Waals surface area contributed by atoms with E-state index in [-0.39, 0.29) is 11.5 Å². The second-order valence-electron chi connectivity index (χ2n) is 3.46. The van der Waals surface area contributed by atoms with Gasteiger partial charge in [-0.25, -0.2) is 0 Å². The molecule has 0 unspecified atom stereocenters. The summed E-state index contributed by atoms with van der Waals surface area (Å²) in [6.45, 7) is -2.88. The smallest absolute Gasteiger partial charge is 0.387 e.